The molecule has 0 atom stereocenters. The van der Waals surface area contributed by atoms with Crippen molar-refractivity contribution in [3.05, 3.63) is 36.4 Å². The molecule has 0 radical (unpaired) electrons. The summed E-state index contributed by atoms with van der Waals surface area (Å²) in [7, 11) is -3.60. The van der Waals surface area contributed by atoms with Gasteiger partial charge in [0.2, 0.25) is 9.84 Å². The molecule has 3 rings (SSSR count). The van der Waals surface area contributed by atoms with Crippen LogP contribution in [-0.2, 0) is 14.6 Å². The van der Waals surface area contributed by atoms with Gasteiger partial charge in [-0.2, -0.15) is 0 Å². The predicted octanol–water partition coefficient (Wildman–Crippen LogP) is 2.68. The van der Waals surface area contributed by atoms with Gasteiger partial charge in [0.1, 0.15) is 17.2 Å². The van der Waals surface area contributed by atoms with Gasteiger partial charge in [-0.3, -0.25) is 0 Å². The molecule has 30 heavy (non-hydrogen) atoms. The SMILES string of the molecule is CC(C)(C)OC(=O)N1CCN(c2cc(Nc3ccccc3)nc(S(C)(=O)=O)n2)CC1. The molecule has 0 aliphatic carbocycles. The minimum absolute atomic E-state index is 0.243. The monoisotopic (exact) mass is 433 g/mol. The molecule has 0 unspecified atom stereocenters. The number of rotatable bonds is 4. The Morgan fingerprint density at radius 3 is 2.27 bits per heavy atom. The van der Waals surface area contributed by atoms with Gasteiger partial charge >= 0.3 is 6.09 Å². The molecular weight excluding hydrogens is 406 g/mol. The van der Waals surface area contributed by atoms with E-state index >= 15 is 0 Å². The minimum Gasteiger partial charge on any atom is -0.444 e. The number of ether oxygens (including phenoxy) is 1. The molecule has 1 fully saturated rings. The molecule has 1 N–H and O–H groups in total. The van der Waals surface area contributed by atoms with Gasteiger partial charge in [0.05, 0.1) is 0 Å². The van der Waals surface area contributed by atoms with E-state index in [0.717, 1.165) is 11.9 Å². The van der Waals surface area contributed by atoms with E-state index in [1.165, 1.54) is 0 Å². The van der Waals surface area contributed by atoms with E-state index < -0.39 is 15.4 Å². The van der Waals surface area contributed by atoms with Crippen molar-refractivity contribution in [2.45, 2.75) is 31.5 Å². The summed E-state index contributed by atoms with van der Waals surface area (Å²) < 4.78 is 29.6. The van der Waals surface area contributed by atoms with Gasteiger partial charge in [-0.15, -0.1) is 0 Å². The van der Waals surface area contributed by atoms with Crippen LogP contribution in [0.3, 0.4) is 0 Å². The normalized spacial score (nSPS) is 15.1. The molecular formula is C20H27N5O4S. The Morgan fingerprint density at radius 1 is 1.07 bits per heavy atom. The maximum atomic E-state index is 12.3. The lowest BCUT2D eigenvalue weighted by Crippen LogP contribution is -2.50. The first-order valence-corrected chi connectivity index (χ1v) is 11.5. The van der Waals surface area contributed by atoms with Gasteiger partial charge in [-0.1, -0.05) is 18.2 Å². The number of nitrogens with one attached hydrogen (secondary N) is 1. The second kappa shape index (κ2) is 8.47. The van der Waals surface area contributed by atoms with Gasteiger partial charge in [0, 0.05) is 44.2 Å². The zero-order valence-electron chi connectivity index (χ0n) is 17.6. The predicted molar refractivity (Wildman–Crippen MR) is 115 cm³/mol. The fourth-order valence-corrected chi connectivity index (χ4v) is 3.44. The number of para-hydroxylation sites is 1. The average molecular weight is 434 g/mol. The number of nitrogens with zero attached hydrogens (tertiary/aromatic N) is 4. The fraction of sp³-hybridized carbons (Fsp3) is 0.450. The van der Waals surface area contributed by atoms with Crippen molar-refractivity contribution in [2.24, 2.45) is 0 Å². The number of carbonyl (C=O) groups is 1. The van der Waals surface area contributed by atoms with Crippen molar-refractivity contribution in [1.29, 1.82) is 0 Å². The first-order chi connectivity index (χ1) is 14.0. The smallest absolute Gasteiger partial charge is 0.410 e. The number of hydrogen-bond donors (Lipinski definition) is 1. The van der Waals surface area contributed by atoms with Crippen molar-refractivity contribution in [1.82, 2.24) is 14.9 Å². The second-order valence-electron chi connectivity index (χ2n) is 8.11. The quantitative estimate of drug-likeness (QED) is 0.734. The lowest BCUT2D eigenvalue weighted by Gasteiger charge is -2.36. The Bertz CT molecular complexity index is 998. The zero-order chi connectivity index (χ0) is 21.9. The number of benzene rings is 1. The molecule has 1 aromatic heterocycles. The zero-order valence-corrected chi connectivity index (χ0v) is 18.4. The molecule has 1 amide bonds. The summed E-state index contributed by atoms with van der Waals surface area (Å²) in [6, 6.07) is 11.1. The van der Waals surface area contributed by atoms with E-state index in [9.17, 15) is 13.2 Å². The Labute approximate surface area is 177 Å². The van der Waals surface area contributed by atoms with E-state index in [1.54, 1.807) is 11.0 Å². The Balaban J connectivity index is 1.78. The first-order valence-electron chi connectivity index (χ1n) is 9.65. The van der Waals surface area contributed by atoms with Crippen molar-refractivity contribution >= 4 is 33.3 Å². The molecule has 2 aromatic rings. The van der Waals surface area contributed by atoms with Crippen LogP contribution >= 0.6 is 0 Å². The highest BCUT2D eigenvalue weighted by Gasteiger charge is 2.27. The second-order valence-corrected chi connectivity index (χ2v) is 10.0. The van der Waals surface area contributed by atoms with E-state index in [-0.39, 0.29) is 11.2 Å². The van der Waals surface area contributed by atoms with Crippen LogP contribution in [0.4, 0.5) is 22.1 Å². The maximum absolute atomic E-state index is 12.3. The molecule has 0 saturated carbocycles. The van der Waals surface area contributed by atoms with E-state index in [0.29, 0.717) is 37.8 Å². The van der Waals surface area contributed by atoms with Crippen LogP contribution in [0.5, 0.6) is 0 Å². The average Bonchev–Trinajstić information content (AvgIpc) is 2.67. The minimum atomic E-state index is -3.60. The molecule has 0 spiro atoms. The summed E-state index contributed by atoms with van der Waals surface area (Å²) in [6.45, 7) is 7.40. The number of amides is 1. The molecule has 10 heteroatoms. The molecule has 9 nitrogen and oxygen atoms in total. The summed E-state index contributed by atoms with van der Waals surface area (Å²) in [5.74, 6) is 0.883. The fourth-order valence-electron chi connectivity index (χ4n) is 2.92. The molecule has 1 aliphatic rings. The third-order valence-electron chi connectivity index (χ3n) is 4.33. The van der Waals surface area contributed by atoms with E-state index in [4.69, 9.17) is 4.74 Å². The van der Waals surface area contributed by atoms with Gasteiger partial charge < -0.3 is 19.9 Å². The van der Waals surface area contributed by atoms with E-state index in [1.807, 2.05) is 56.0 Å². The molecule has 2 heterocycles. The lowest BCUT2D eigenvalue weighted by molar-refractivity contribution is 0.0240. The van der Waals surface area contributed by atoms with Crippen molar-refractivity contribution < 1.29 is 17.9 Å². The van der Waals surface area contributed by atoms with Crippen LogP contribution in [0.25, 0.3) is 0 Å². The van der Waals surface area contributed by atoms with Crippen LogP contribution in [0.2, 0.25) is 0 Å². The number of aromatic nitrogens is 2. The number of anilines is 3. The van der Waals surface area contributed by atoms with Crippen LogP contribution in [0, 0.1) is 0 Å². The maximum Gasteiger partial charge on any atom is 0.410 e. The van der Waals surface area contributed by atoms with E-state index in [2.05, 4.69) is 15.3 Å². The summed E-state index contributed by atoms with van der Waals surface area (Å²) in [6.07, 6.45) is 0.729. The molecule has 162 valence electrons. The van der Waals surface area contributed by atoms with Crippen LogP contribution in [0.1, 0.15) is 20.8 Å². The topological polar surface area (TPSA) is 105 Å². The van der Waals surface area contributed by atoms with Crippen LogP contribution < -0.4 is 10.2 Å². The molecule has 1 saturated heterocycles. The lowest BCUT2D eigenvalue weighted by atomic mass is 10.2. The first kappa shape index (κ1) is 21.8. The summed E-state index contributed by atoms with van der Waals surface area (Å²) in [5, 5.41) is 2.88. The molecule has 1 aromatic carbocycles. The van der Waals surface area contributed by atoms with Crippen molar-refractivity contribution in [2.75, 3.05) is 42.7 Å². The summed E-state index contributed by atoms with van der Waals surface area (Å²) in [5.41, 5.74) is 0.236. The number of sulfone groups is 1. The van der Waals surface area contributed by atoms with Gasteiger partial charge in [0.25, 0.3) is 5.16 Å². The largest absolute Gasteiger partial charge is 0.444 e. The highest BCUT2D eigenvalue weighted by molar-refractivity contribution is 7.90. The van der Waals surface area contributed by atoms with Crippen molar-refractivity contribution in [3.8, 4) is 0 Å². The third kappa shape index (κ3) is 5.82. The number of hydrogen-bond acceptors (Lipinski definition) is 8. The Morgan fingerprint density at radius 2 is 1.70 bits per heavy atom. The van der Waals surface area contributed by atoms with Crippen LogP contribution in [-0.4, -0.2) is 67.4 Å². The van der Waals surface area contributed by atoms with Crippen molar-refractivity contribution in [3.63, 3.8) is 0 Å². The van der Waals surface area contributed by atoms with Gasteiger partial charge in [0.15, 0.2) is 0 Å². The number of carbonyl (C=O) groups excluding carboxylic acids is 1. The highest BCUT2D eigenvalue weighted by Crippen LogP contribution is 2.23. The highest BCUT2D eigenvalue weighted by atomic mass is 32.2. The Hall–Kier alpha value is -2.88. The van der Waals surface area contributed by atoms with Crippen LogP contribution in [0.15, 0.2) is 41.6 Å². The van der Waals surface area contributed by atoms with Gasteiger partial charge in [-0.05, 0) is 32.9 Å². The standard InChI is InChI=1S/C20H27N5O4S/c1-20(2,3)29-19(26)25-12-10-24(11-13-25)17-14-16(21-15-8-6-5-7-9-15)22-18(23-17)30(4,27)28/h5-9,14H,10-13H2,1-4H3,(H,21,22,23). The number of piperazine rings is 1. The summed E-state index contributed by atoms with van der Waals surface area (Å²) in [4.78, 5) is 24.3. The Kier molecular flexibility index (Phi) is 6.16. The molecule has 1 aliphatic heterocycles. The van der Waals surface area contributed by atoms with Gasteiger partial charge in [-0.25, -0.2) is 23.2 Å². The molecule has 0 bridgehead atoms. The summed E-state index contributed by atoms with van der Waals surface area (Å²) >= 11 is 0. The third-order valence-corrected chi connectivity index (χ3v) is 5.17.